The average Bonchev–Trinajstić information content (AvgIpc) is 3.26. The molecule has 0 aliphatic heterocycles. The van der Waals surface area contributed by atoms with Gasteiger partial charge in [0.2, 0.25) is 0 Å². The van der Waals surface area contributed by atoms with E-state index < -0.39 is 0 Å². The number of hydrogen-bond donors (Lipinski definition) is 2. The number of nitrogens with zero attached hydrogens (tertiary/aromatic N) is 3. The number of carbonyl (C=O) groups excluding carboxylic acids is 1. The van der Waals surface area contributed by atoms with E-state index in [9.17, 15) is 14.3 Å². The number of aromatic nitrogens is 3. The topological polar surface area (TPSA) is 80.0 Å². The normalized spacial score (nSPS) is 12.0. The molecular weight excluding hydrogens is 455 g/mol. The molecule has 6 nitrogen and oxygen atoms in total. The van der Waals surface area contributed by atoms with Crippen LogP contribution in [0.2, 0.25) is 0 Å². The number of phenolic OH excluding ortho intramolecular Hbond substituents is 1. The summed E-state index contributed by atoms with van der Waals surface area (Å²) in [5.74, 6) is -0.0599. The van der Waals surface area contributed by atoms with Crippen LogP contribution in [0.15, 0.2) is 73.1 Å². The zero-order chi connectivity index (χ0) is 25.7. The molecule has 186 valence electrons. The summed E-state index contributed by atoms with van der Waals surface area (Å²) >= 11 is 0. The smallest absolute Gasteiger partial charge is 0.255 e. The van der Waals surface area contributed by atoms with Crippen molar-refractivity contribution in [1.29, 1.82) is 0 Å². The minimum atomic E-state index is -0.303. The summed E-state index contributed by atoms with van der Waals surface area (Å²) in [5.41, 5.74) is 4.77. The molecule has 4 rings (SSSR count). The molecule has 0 aliphatic rings. The fourth-order valence-corrected chi connectivity index (χ4v) is 4.14. The van der Waals surface area contributed by atoms with E-state index in [0.717, 1.165) is 34.6 Å². The zero-order valence-corrected chi connectivity index (χ0v) is 20.8. The molecule has 0 spiro atoms. The molecule has 36 heavy (non-hydrogen) atoms. The molecule has 7 heteroatoms. The number of amides is 1. The first kappa shape index (κ1) is 25.1. The molecular formula is C29H31FN4O2. The highest BCUT2D eigenvalue weighted by molar-refractivity contribution is 5.96. The van der Waals surface area contributed by atoms with Gasteiger partial charge in [-0.05, 0) is 72.4 Å². The summed E-state index contributed by atoms with van der Waals surface area (Å²) < 4.78 is 15.5. The van der Waals surface area contributed by atoms with Crippen molar-refractivity contribution in [2.45, 2.75) is 33.7 Å². The van der Waals surface area contributed by atoms with Gasteiger partial charge in [-0.15, -0.1) is 0 Å². The van der Waals surface area contributed by atoms with E-state index in [-0.39, 0.29) is 29.0 Å². The Bertz CT molecular complexity index is 1330. The first-order valence-corrected chi connectivity index (χ1v) is 12.1. The summed E-state index contributed by atoms with van der Waals surface area (Å²) in [5, 5.41) is 17.6. The van der Waals surface area contributed by atoms with Crippen LogP contribution in [0.25, 0.3) is 22.4 Å². The Labute approximate surface area is 210 Å². The number of carbonyl (C=O) groups is 1. The van der Waals surface area contributed by atoms with Crippen LogP contribution in [0.3, 0.4) is 0 Å². The third-order valence-electron chi connectivity index (χ3n) is 5.88. The summed E-state index contributed by atoms with van der Waals surface area (Å²) in [4.78, 5) is 17.0. The Balaban J connectivity index is 1.52. The van der Waals surface area contributed by atoms with Crippen molar-refractivity contribution >= 4 is 5.91 Å². The monoisotopic (exact) mass is 486 g/mol. The minimum Gasteiger partial charge on any atom is -0.507 e. The van der Waals surface area contributed by atoms with Gasteiger partial charge in [-0.25, -0.2) is 4.39 Å². The highest BCUT2D eigenvalue weighted by Gasteiger charge is 2.16. The van der Waals surface area contributed by atoms with Crippen molar-refractivity contribution in [1.82, 2.24) is 20.1 Å². The quantitative estimate of drug-likeness (QED) is 0.317. The minimum absolute atomic E-state index is 0.0352. The van der Waals surface area contributed by atoms with E-state index in [1.165, 1.54) is 18.2 Å². The van der Waals surface area contributed by atoms with Crippen LogP contribution >= 0.6 is 0 Å². The maximum atomic E-state index is 13.5. The lowest BCUT2D eigenvalue weighted by Crippen LogP contribution is -2.29. The molecule has 0 bridgehead atoms. The van der Waals surface area contributed by atoms with Crippen LogP contribution in [-0.2, 0) is 13.0 Å². The third kappa shape index (κ3) is 6.16. The van der Waals surface area contributed by atoms with Gasteiger partial charge in [0, 0.05) is 42.3 Å². The largest absolute Gasteiger partial charge is 0.507 e. The van der Waals surface area contributed by atoms with Gasteiger partial charge < -0.3 is 10.4 Å². The second-order valence-electron chi connectivity index (χ2n) is 9.59. The van der Waals surface area contributed by atoms with E-state index in [2.05, 4.69) is 24.1 Å². The lowest BCUT2D eigenvalue weighted by Gasteiger charge is -2.13. The molecule has 0 radical (unpaired) electrons. The Morgan fingerprint density at radius 1 is 1.06 bits per heavy atom. The van der Waals surface area contributed by atoms with Gasteiger partial charge in [-0.2, -0.15) is 5.10 Å². The van der Waals surface area contributed by atoms with E-state index in [0.29, 0.717) is 18.9 Å². The van der Waals surface area contributed by atoms with Crippen molar-refractivity contribution in [3.8, 4) is 28.1 Å². The fraction of sp³-hybridized carbons (Fsp3) is 0.276. The van der Waals surface area contributed by atoms with Gasteiger partial charge in [0.25, 0.3) is 5.91 Å². The standard InChI is InChI=1S/C29H31FN4O2/c1-19(2)17-34-18-26(28(33-34)21-8-10-23(30)11-9-21)22-12-13-31-24(15-22)14-20(3)16-32-29(36)25-6-4-5-7-27(25)35/h4-13,15,18-20,35H,14,16-17H2,1-3H3,(H,32,36). The van der Waals surface area contributed by atoms with Gasteiger partial charge in [0.1, 0.15) is 17.3 Å². The Morgan fingerprint density at radius 3 is 2.53 bits per heavy atom. The highest BCUT2D eigenvalue weighted by Crippen LogP contribution is 2.32. The summed E-state index contributed by atoms with van der Waals surface area (Å²) in [7, 11) is 0. The number of pyridine rings is 1. The van der Waals surface area contributed by atoms with Crippen LogP contribution in [0.4, 0.5) is 4.39 Å². The SMILES string of the molecule is CC(C)Cn1cc(-c2ccnc(CC(C)CNC(=O)c3ccccc3O)c2)c(-c2ccc(F)cc2)n1. The van der Waals surface area contributed by atoms with Gasteiger partial charge in [0.05, 0.1) is 5.56 Å². The first-order valence-electron chi connectivity index (χ1n) is 12.1. The van der Waals surface area contributed by atoms with Crippen LogP contribution in [0.1, 0.15) is 36.8 Å². The molecule has 0 saturated heterocycles. The first-order chi connectivity index (χ1) is 17.3. The van der Waals surface area contributed by atoms with Gasteiger partial charge >= 0.3 is 0 Å². The number of para-hydroxylation sites is 1. The van der Waals surface area contributed by atoms with Crippen molar-refractivity contribution in [3.63, 3.8) is 0 Å². The van der Waals surface area contributed by atoms with Crippen LogP contribution in [0.5, 0.6) is 5.75 Å². The second-order valence-corrected chi connectivity index (χ2v) is 9.59. The van der Waals surface area contributed by atoms with Crippen molar-refractivity contribution in [3.05, 3.63) is 90.1 Å². The molecule has 1 amide bonds. The third-order valence-corrected chi connectivity index (χ3v) is 5.88. The van der Waals surface area contributed by atoms with Crippen molar-refractivity contribution < 1.29 is 14.3 Å². The van der Waals surface area contributed by atoms with E-state index in [1.54, 1.807) is 36.5 Å². The summed E-state index contributed by atoms with van der Waals surface area (Å²) in [6, 6.07) is 16.9. The summed E-state index contributed by atoms with van der Waals surface area (Å²) in [6.45, 7) is 7.56. The number of phenols is 1. The molecule has 2 aromatic heterocycles. The van der Waals surface area contributed by atoms with Crippen LogP contribution in [-0.4, -0.2) is 32.3 Å². The number of hydrogen-bond acceptors (Lipinski definition) is 4. The lowest BCUT2D eigenvalue weighted by atomic mass is 9.99. The maximum absolute atomic E-state index is 13.5. The molecule has 0 saturated carbocycles. The Kier molecular flexibility index (Phi) is 7.78. The fourth-order valence-electron chi connectivity index (χ4n) is 4.14. The van der Waals surface area contributed by atoms with E-state index >= 15 is 0 Å². The van der Waals surface area contributed by atoms with E-state index in [4.69, 9.17) is 5.10 Å². The second kappa shape index (κ2) is 11.2. The van der Waals surface area contributed by atoms with Gasteiger partial charge in [-0.3, -0.25) is 14.5 Å². The maximum Gasteiger partial charge on any atom is 0.255 e. The molecule has 0 fully saturated rings. The highest BCUT2D eigenvalue weighted by atomic mass is 19.1. The predicted molar refractivity (Wildman–Crippen MR) is 139 cm³/mol. The van der Waals surface area contributed by atoms with Gasteiger partial charge in [-0.1, -0.05) is 32.9 Å². The molecule has 2 heterocycles. The number of halogens is 1. The van der Waals surface area contributed by atoms with E-state index in [1.807, 2.05) is 29.9 Å². The van der Waals surface area contributed by atoms with Crippen LogP contribution < -0.4 is 5.32 Å². The van der Waals surface area contributed by atoms with Crippen LogP contribution in [0, 0.1) is 17.7 Å². The molecule has 2 N–H and O–H groups in total. The predicted octanol–water partition coefficient (Wildman–Crippen LogP) is 5.72. The lowest BCUT2D eigenvalue weighted by molar-refractivity contribution is 0.0945. The molecule has 2 aromatic carbocycles. The molecule has 1 unspecified atom stereocenters. The number of rotatable bonds is 9. The molecule has 1 atom stereocenters. The molecule has 4 aromatic rings. The number of nitrogens with one attached hydrogen (secondary N) is 1. The van der Waals surface area contributed by atoms with Crippen molar-refractivity contribution in [2.24, 2.45) is 11.8 Å². The Morgan fingerprint density at radius 2 is 1.81 bits per heavy atom. The number of aromatic hydroxyl groups is 1. The molecule has 0 aliphatic carbocycles. The Hall–Kier alpha value is -4.00. The average molecular weight is 487 g/mol. The van der Waals surface area contributed by atoms with Crippen molar-refractivity contribution in [2.75, 3.05) is 6.54 Å². The summed E-state index contributed by atoms with van der Waals surface area (Å²) in [6.07, 6.45) is 4.49. The zero-order valence-electron chi connectivity index (χ0n) is 20.8. The van der Waals surface area contributed by atoms with Gasteiger partial charge in [0.15, 0.2) is 0 Å². The number of benzene rings is 2.